The van der Waals surface area contributed by atoms with Gasteiger partial charge in [0.15, 0.2) is 6.10 Å². The van der Waals surface area contributed by atoms with Crippen molar-refractivity contribution in [3.63, 3.8) is 0 Å². The second kappa shape index (κ2) is 7.61. The normalized spacial score (nSPS) is 16.6. The lowest BCUT2D eigenvalue weighted by molar-refractivity contribution is 0.143. The number of rotatable bonds is 7. The quantitative estimate of drug-likeness (QED) is 0.712. The predicted molar refractivity (Wildman–Crippen MR) is 111 cm³/mol. The molecule has 1 atom stereocenters. The van der Waals surface area contributed by atoms with Crippen LogP contribution in [0.1, 0.15) is 59.2 Å². The van der Waals surface area contributed by atoms with Crippen molar-refractivity contribution in [1.29, 1.82) is 0 Å². The molecule has 0 fully saturated rings. The average molecular weight is 385 g/mol. The van der Waals surface area contributed by atoms with E-state index in [1.165, 1.54) is 5.56 Å². The number of aryl methyl sites for hydroxylation is 1. The number of aromatic nitrogens is 2. The molecule has 152 valence electrons. The van der Waals surface area contributed by atoms with Gasteiger partial charge in [0.2, 0.25) is 0 Å². The Kier molecular flexibility index (Phi) is 5.55. The number of benzene rings is 1. The topological polar surface area (TPSA) is 53.4 Å². The molecule has 1 aliphatic rings. The van der Waals surface area contributed by atoms with E-state index >= 15 is 0 Å². The van der Waals surface area contributed by atoms with Crippen molar-refractivity contribution < 1.29 is 9.47 Å². The van der Waals surface area contributed by atoms with Gasteiger partial charge in [-0.3, -0.25) is 9.36 Å². The molecule has 0 saturated carbocycles. The highest BCUT2D eigenvalue weighted by Crippen LogP contribution is 2.43. The Morgan fingerprint density at radius 3 is 2.46 bits per heavy atom. The number of hydrogen-bond acceptors (Lipinski definition) is 4. The molecule has 0 N–H and O–H groups in total. The van der Waals surface area contributed by atoms with Gasteiger partial charge in [-0.25, -0.2) is 0 Å². The van der Waals surface area contributed by atoms with Crippen LogP contribution in [0.5, 0.6) is 11.8 Å². The molecule has 1 aliphatic heterocycles. The summed E-state index contributed by atoms with van der Waals surface area (Å²) in [6.07, 6.45) is 1.75. The molecule has 1 aromatic heterocycles. The van der Waals surface area contributed by atoms with Crippen LogP contribution in [0.15, 0.2) is 35.1 Å². The summed E-state index contributed by atoms with van der Waals surface area (Å²) in [6, 6.07) is 10.4. The molecule has 0 bridgehead atoms. The van der Waals surface area contributed by atoms with Crippen LogP contribution in [-0.2, 0) is 18.4 Å². The average Bonchev–Trinajstić information content (AvgIpc) is 3.08. The van der Waals surface area contributed by atoms with Crippen molar-refractivity contribution in [3.05, 3.63) is 51.9 Å². The Labute approximate surface area is 167 Å². The van der Waals surface area contributed by atoms with Crippen molar-refractivity contribution in [2.24, 2.45) is 5.41 Å². The van der Waals surface area contributed by atoms with Crippen molar-refractivity contribution in [3.8, 4) is 11.8 Å². The summed E-state index contributed by atoms with van der Waals surface area (Å²) in [7, 11) is 0. The number of ether oxygens (including phenoxy) is 2. The molecule has 1 unspecified atom stereocenters. The summed E-state index contributed by atoms with van der Waals surface area (Å²) < 4.78 is 13.7. The third-order valence-electron chi connectivity index (χ3n) is 6.68. The standard InChI is InChI=1S/C23H32N2O3/c1-7-17-13-20(26)24-21-25(17)14-19(28-21)15-27-18-11-9-16(10-12-18)23(5,6)22(3,4)8-2/h9-13,19H,7-8,14-15H2,1-6H3. The zero-order valence-electron chi connectivity index (χ0n) is 17.9. The largest absolute Gasteiger partial charge is 0.490 e. The first kappa shape index (κ1) is 20.4. The van der Waals surface area contributed by atoms with E-state index in [1.807, 2.05) is 23.6 Å². The summed E-state index contributed by atoms with van der Waals surface area (Å²) in [4.78, 5) is 15.6. The Morgan fingerprint density at radius 2 is 1.86 bits per heavy atom. The van der Waals surface area contributed by atoms with E-state index in [9.17, 15) is 4.79 Å². The van der Waals surface area contributed by atoms with Crippen LogP contribution < -0.4 is 15.0 Å². The second-order valence-electron chi connectivity index (χ2n) is 8.77. The van der Waals surface area contributed by atoms with Gasteiger partial charge in [0.1, 0.15) is 12.4 Å². The molecule has 0 radical (unpaired) electrons. The fourth-order valence-electron chi connectivity index (χ4n) is 3.57. The highest BCUT2D eigenvalue weighted by Gasteiger charge is 2.36. The third-order valence-corrected chi connectivity index (χ3v) is 6.68. The van der Waals surface area contributed by atoms with Gasteiger partial charge in [-0.1, -0.05) is 60.1 Å². The summed E-state index contributed by atoms with van der Waals surface area (Å²) >= 11 is 0. The molecule has 5 heteroatoms. The van der Waals surface area contributed by atoms with Crippen LogP contribution in [0.4, 0.5) is 0 Å². The van der Waals surface area contributed by atoms with E-state index in [-0.39, 0.29) is 22.5 Å². The van der Waals surface area contributed by atoms with Crippen LogP contribution in [0.2, 0.25) is 0 Å². The van der Waals surface area contributed by atoms with E-state index in [4.69, 9.17) is 9.47 Å². The zero-order valence-corrected chi connectivity index (χ0v) is 17.9. The van der Waals surface area contributed by atoms with Crippen molar-refractivity contribution in [2.75, 3.05) is 6.61 Å². The van der Waals surface area contributed by atoms with Gasteiger partial charge < -0.3 is 9.47 Å². The van der Waals surface area contributed by atoms with E-state index in [0.717, 1.165) is 24.3 Å². The van der Waals surface area contributed by atoms with Gasteiger partial charge in [0.25, 0.3) is 11.6 Å². The lowest BCUT2D eigenvalue weighted by Gasteiger charge is -2.42. The summed E-state index contributed by atoms with van der Waals surface area (Å²) in [5.74, 6) is 0.826. The molecular weight excluding hydrogens is 352 g/mol. The van der Waals surface area contributed by atoms with Crippen molar-refractivity contribution in [2.45, 2.75) is 72.4 Å². The molecule has 0 amide bonds. The van der Waals surface area contributed by atoms with Crippen LogP contribution in [0.3, 0.4) is 0 Å². The molecule has 2 heterocycles. The highest BCUT2D eigenvalue weighted by atomic mass is 16.6. The maximum atomic E-state index is 11.7. The molecule has 1 aromatic carbocycles. The van der Waals surface area contributed by atoms with E-state index in [1.54, 1.807) is 6.07 Å². The monoisotopic (exact) mass is 384 g/mol. The lowest BCUT2D eigenvalue weighted by atomic mass is 9.63. The SMILES string of the molecule is CCc1cc(=O)nc2n1CC(COc1ccc(C(C)(C)C(C)(C)CC)cc1)O2. The lowest BCUT2D eigenvalue weighted by Crippen LogP contribution is -2.35. The number of fused-ring (bicyclic) bond motifs is 1. The number of nitrogens with zero attached hydrogens (tertiary/aromatic N) is 2. The first-order chi connectivity index (χ1) is 13.2. The Balaban J connectivity index is 1.64. The smallest absolute Gasteiger partial charge is 0.300 e. The Hall–Kier alpha value is -2.30. The zero-order chi connectivity index (χ0) is 20.5. The first-order valence-electron chi connectivity index (χ1n) is 10.2. The van der Waals surface area contributed by atoms with Gasteiger partial charge >= 0.3 is 0 Å². The van der Waals surface area contributed by atoms with Gasteiger partial charge in [-0.05, 0) is 34.9 Å². The molecule has 0 aliphatic carbocycles. The van der Waals surface area contributed by atoms with E-state index in [2.05, 4.69) is 51.7 Å². The molecule has 0 saturated heterocycles. The van der Waals surface area contributed by atoms with Crippen LogP contribution in [0, 0.1) is 5.41 Å². The maximum Gasteiger partial charge on any atom is 0.300 e. The first-order valence-corrected chi connectivity index (χ1v) is 10.2. The minimum absolute atomic E-state index is 0.0748. The van der Waals surface area contributed by atoms with Crippen molar-refractivity contribution in [1.82, 2.24) is 9.55 Å². The third kappa shape index (κ3) is 3.80. The van der Waals surface area contributed by atoms with Gasteiger partial charge in [0, 0.05) is 11.8 Å². The Morgan fingerprint density at radius 1 is 1.18 bits per heavy atom. The molecule has 5 nitrogen and oxygen atoms in total. The van der Waals surface area contributed by atoms with Crippen LogP contribution in [0.25, 0.3) is 0 Å². The molecule has 28 heavy (non-hydrogen) atoms. The summed E-state index contributed by atoms with van der Waals surface area (Å²) in [6.45, 7) is 14.6. The predicted octanol–water partition coefficient (Wildman–Crippen LogP) is 4.36. The van der Waals surface area contributed by atoms with Gasteiger partial charge in [-0.15, -0.1) is 0 Å². The van der Waals surface area contributed by atoms with Crippen molar-refractivity contribution >= 4 is 0 Å². The van der Waals surface area contributed by atoms with E-state index < -0.39 is 0 Å². The van der Waals surface area contributed by atoms with Crippen LogP contribution in [-0.4, -0.2) is 22.3 Å². The summed E-state index contributed by atoms with van der Waals surface area (Å²) in [5.41, 5.74) is 2.29. The fourth-order valence-corrected chi connectivity index (χ4v) is 3.57. The minimum atomic E-state index is -0.252. The summed E-state index contributed by atoms with van der Waals surface area (Å²) in [5, 5.41) is 0. The van der Waals surface area contributed by atoms with Gasteiger partial charge in [-0.2, -0.15) is 4.98 Å². The van der Waals surface area contributed by atoms with E-state index in [0.29, 0.717) is 19.2 Å². The van der Waals surface area contributed by atoms with Crippen LogP contribution >= 0.6 is 0 Å². The van der Waals surface area contributed by atoms with Gasteiger partial charge in [0.05, 0.1) is 6.54 Å². The fraction of sp³-hybridized carbons (Fsp3) is 0.565. The Bertz CT molecular complexity index is 882. The molecule has 0 spiro atoms. The molecule has 2 aromatic rings. The minimum Gasteiger partial charge on any atom is -0.490 e. The molecule has 3 rings (SSSR count). The maximum absolute atomic E-state index is 11.7. The highest BCUT2D eigenvalue weighted by molar-refractivity contribution is 5.33. The second-order valence-corrected chi connectivity index (χ2v) is 8.77. The molecular formula is C23H32N2O3. The number of hydrogen-bond donors (Lipinski definition) is 0.